The molecule has 0 unspecified atom stereocenters. The van der Waals surface area contributed by atoms with Gasteiger partial charge in [-0.15, -0.1) is 0 Å². The van der Waals surface area contributed by atoms with E-state index in [1.807, 2.05) is 36.4 Å². The lowest BCUT2D eigenvalue weighted by atomic mass is 10.2. The zero-order chi connectivity index (χ0) is 34.7. The second kappa shape index (κ2) is 20.7. The Balaban J connectivity index is 0.000000405. The van der Waals surface area contributed by atoms with Crippen molar-refractivity contribution in [2.75, 3.05) is 6.61 Å². The van der Waals surface area contributed by atoms with Crippen LogP contribution in [0.3, 0.4) is 0 Å². The van der Waals surface area contributed by atoms with Crippen molar-refractivity contribution in [3.63, 3.8) is 0 Å². The number of pyridine rings is 1. The number of ether oxygens (including phenoxy) is 3. The molecule has 0 fully saturated rings. The highest BCUT2D eigenvalue weighted by molar-refractivity contribution is 8.24. The number of Topliss-reactive ketones (excluding diaryl/α,β-unsaturated/α-hetero) is 1. The Bertz CT molecular complexity index is 1570. The van der Waals surface area contributed by atoms with Gasteiger partial charge in [0.25, 0.3) is 0 Å². The predicted molar refractivity (Wildman–Crippen MR) is 168 cm³/mol. The highest BCUT2D eigenvalue weighted by Gasteiger charge is 2.21. The van der Waals surface area contributed by atoms with E-state index in [0.717, 1.165) is 17.2 Å². The summed E-state index contributed by atoms with van der Waals surface area (Å²) < 4.78 is 24.1. The third-order valence-electron chi connectivity index (χ3n) is 5.03. The van der Waals surface area contributed by atoms with E-state index in [1.54, 1.807) is 31.2 Å². The summed E-state index contributed by atoms with van der Waals surface area (Å²) in [5.74, 6) is -3.19. The Labute approximate surface area is 276 Å². The Morgan fingerprint density at radius 2 is 1.28 bits per heavy atom. The fourth-order valence-electron chi connectivity index (χ4n) is 3.19. The van der Waals surface area contributed by atoms with Crippen molar-refractivity contribution in [3.05, 3.63) is 104 Å². The number of aromatic hydroxyl groups is 1. The lowest BCUT2D eigenvalue weighted by Crippen LogP contribution is -2.16. The summed E-state index contributed by atoms with van der Waals surface area (Å²) in [7, 11) is 0. The highest BCUT2D eigenvalue weighted by Crippen LogP contribution is 2.61. The van der Waals surface area contributed by atoms with E-state index in [4.69, 9.17) is 9.47 Å². The molecule has 2 N–H and O–H groups in total. The molecule has 14 nitrogen and oxygen atoms in total. The number of carbonyl (C=O) groups excluding carboxylic acids is 4. The fraction of sp³-hybridized carbons (Fsp3) is 0.250. The van der Waals surface area contributed by atoms with Crippen molar-refractivity contribution in [2.24, 2.45) is 0 Å². The van der Waals surface area contributed by atoms with Crippen LogP contribution < -0.4 is 5.56 Å². The highest BCUT2D eigenvalue weighted by atomic mass is 36.0. The molecule has 0 spiro atoms. The van der Waals surface area contributed by atoms with Gasteiger partial charge < -0.3 is 24.3 Å². The maximum Gasteiger partial charge on any atom is 0.375 e. The zero-order valence-corrected chi connectivity index (χ0v) is 27.2. The monoisotopic (exact) mass is 720 g/mol. The van der Waals surface area contributed by atoms with Crippen molar-refractivity contribution >= 4 is 68.3 Å². The van der Waals surface area contributed by atoms with Crippen LogP contribution in [0.15, 0.2) is 71.5 Å². The van der Waals surface area contributed by atoms with E-state index < -0.39 is 63.7 Å². The number of hydrogen-bond acceptors (Lipinski definition) is 12. The molecule has 0 radical (unpaired) electrons. The first-order valence-corrected chi connectivity index (χ1v) is 17.4. The Hall–Kier alpha value is -4.23. The molecular weight excluding hydrogens is 694 g/mol. The van der Waals surface area contributed by atoms with E-state index in [-0.39, 0.29) is 31.9 Å². The van der Waals surface area contributed by atoms with Gasteiger partial charge in [0.1, 0.15) is 26.1 Å². The van der Waals surface area contributed by atoms with Crippen molar-refractivity contribution in [3.8, 4) is 5.75 Å². The molecule has 0 aliphatic carbocycles. The first kappa shape index (κ1) is 39.8. The van der Waals surface area contributed by atoms with Gasteiger partial charge in [-0.05, 0) is 51.8 Å². The smallest absolute Gasteiger partial charge is 0.375 e. The predicted octanol–water partition coefficient (Wildman–Crippen LogP) is 5.73. The number of nitro groups is 1. The van der Waals surface area contributed by atoms with Gasteiger partial charge in [0.2, 0.25) is 5.75 Å². The number of H-pyrrole nitrogens is 1. The van der Waals surface area contributed by atoms with Gasteiger partial charge >= 0.3 is 34.4 Å². The number of nitrogens with zero attached hydrogens (tertiary/aromatic N) is 1. The molecule has 0 bridgehead atoms. The minimum Gasteiger partial charge on any atom is -0.502 e. The summed E-state index contributed by atoms with van der Waals surface area (Å²) in [6.07, 6.45) is -1.12. The molecule has 0 saturated heterocycles. The lowest BCUT2D eigenvalue weighted by Gasteiger charge is -2.05. The maximum absolute atomic E-state index is 11.7. The van der Waals surface area contributed by atoms with E-state index in [9.17, 15) is 43.8 Å². The molecule has 1 heterocycles. The van der Waals surface area contributed by atoms with Crippen LogP contribution in [0, 0.1) is 10.1 Å². The van der Waals surface area contributed by atoms with Crippen LogP contribution >= 0.6 is 38.9 Å². The summed E-state index contributed by atoms with van der Waals surface area (Å²) in [5, 5.41) is 16.8. The number of benzene rings is 2. The van der Waals surface area contributed by atoms with Gasteiger partial charge in [-0.3, -0.25) is 38.7 Å². The molecule has 0 amide bonds. The third-order valence-corrected chi connectivity index (χ3v) is 5.03. The topological polar surface area (TPSA) is 209 Å². The van der Waals surface area contributed by atoms with Crippen LogP contribution in [0.25, 0.3) is 0 Å². The number of aromatic amines is 1. The average Bonchev–Trinajstić information content (AvgIpc) is 2.95. The quantitative estimate of drug-likeness (QED) is 0.0574. The molecule has 0 aliphatic heterocycles. The van der Waals surface area contributed by atoms with Crippen LogP contribution in [0.5, 0.6) is 5.75 Å². The Morgan fingerprint density at radius 3 is 1.70 bits per heavy atom. The summed E-state index contributed by atoms with van der Waals surface area (Å²) in [5.41, 5.74) is -0.354. The van der Waals surface area contributed by atoms with Gasteiger partial charge in [-0.1, -0.05) is 60.7 Å². The second-order valence-electron chi connectivity index (χ2n) is 8.68. The van der Waals surface area contributed by atoms with Crippen LogP contribution in [0.2, 0.25) is 0 Å². The van der Waals surface area contributed by atoms with E-state index in [1.165, 1.54) is 0 Å². The summed E-state index contributed by atoms with van der Waals surface area (Å²) in [6.45, 7) is 2.05. The molecule has 248 valence electrons. The molecule has 1 aromatic heterocycles. The molecule has 46 heavy (non-hydrogen) atoms. The molecule has 3 rings (SSSR count). The number of hydrogen-bond donors (Lipinski definition) is 2. The number of nitrogens with one attached hydrogen (secondary N) is 1. The van der Waals surface area contributed by atoms with Crippen molar-refractivity contribution in [1.29, 1.82) is 0 Å². The molecule has 0 atom stereocenters. The minimum atomic E-state index is -3.22. The maximum atomic E-state index is 11.7. The number of halogens is 3. The SMILES string of the molecule is CCOC(=O)CC(=O)CC(=O)OCc1ccccc1.O=C(Cc1cc(O)c([N+](=O)[O-])c(=O)[nH]1)OCc1ccccc1.O=P(Cl)(Cl)Cl. The summed E-state index contributed by atoms with van der Waals surface area (Å²) in [4.78, 5) is 68.6. The van der Waals surface area contributed by atoms with Crippen molar-refractivity contribution < 1.29 is 48.0 Å². The molecule has 18 heteroatoms. The van der Waals surface area contributed by atoms with Crippen LogP contribution in [-0.2, 0) is 57.6 Å². The lowest BCUT2D eigenvalue weighted by molar-refractivity contribution is -0.387. The molecule has 0 saturated carbocycles. The third kappa shape index (κ3) is 18.5. The number of ketones is 1. The standard InChI is InChI=1S/C14H12N2O6.C14H16O5.Cl3OP/c17-11-6-10(15-14(19)13(11)16(20)21)7-12(18)22-8-9-4-2-1-3-5-9;1-2-18-13(16)8-12(15)9-14(17)19-10-11-6-4-3-5-7-11;1-5(2,3)4/h1-6H,7-8H2,(H2,15,17,19);3-7H,2,8-10H2,1H3;. The normalized spacial score (nSPS) is 10.2. The summed E-state index contributed by atoms with van der Waals surface area (Å²) in [6, 6.07) is 19.1. The van der Waals surface area contributed by atoms with Gasteiger partial charge in [-0.25, -0.2) is 0 Å². The first-order valence-electron chi connectivity index (χ1n) is 12.9. The Morgan fingerprint density at radius 1 is 0.848 bits per heavy atom. The molecular formula is C28H28Cl3N2O12P. The van der Waals surface area contributed by atoms with Gasteiger partial charge in [0, 0.05) is 11.8 Å². The average molecular weight is 722 g/mol. The molecule has 3 aromatic rings. The zero-order valence-electron chi connectivity index (χ0n) is 24.1. The molecule has 2 aromatic carbocycles. The fourth-order valence-corrected chi connectivity index (χ4v) is 3.19. The minimum absolute atomic E-state index is 0.0335. The van der Waals surface area contributed by atoms with Crippen LogP contribution in [-0.4, -0.2) is 45.3 Å². The number of esters is 3. The Kier molecular flexibility index (Phi) is 17.9. The van der Waals surface area contributed by atoms with Gasteiger partial charge in [-0.2, -0.15) is 0 Å². The van der Waals surface area contributed by atoms with E-state index in [0.29, 0.717) is 0 Å². The largest absolute Gasteiger partial charge is 0.502 e. The van der Waals surface area contributed by atoms with E-state index >= 15 is 0 Å². The van der Waals surface area contributed by atoms with Crippen molar-refractivity contribution in [2.45, 2.75) is 39.4 Å². The van der Waals surface area contributed by atoms with Crippen molar-refractivity contribution in [1.82, 2.24) is 4.98 Å². The number of aromatic nitrogens is 1. The molecule has 0 aliphatic rings. The number of carbonyl (C=O) groups is 4. The summed E-state index contributed by atoms with van der Waals surface area (Å²) >= 11 is 13.8. The van der Waals surface area contributed by atoms with Crippen LogP contribution in [0.4, 0.5) is 5.69 Å². The van der Waals surface area contributed by atoms with Crippen LogP contribution in [0.1, 0.15) is 36.6 Å². The van der Waals surface area contributed by atoms with Gasteiger partial charge in [0.15, 0.2) is 5.78 Å². The van der Waals surface area contributed by atoms with Gasteiger partial charge in [0.05, 0.1) is 18.0 Å². The van der Waals surface area contributed by atoms with E-state index in [2.05, 4.69) is 43.4 Å². The first-order chi connectivity index (χ1) is 21.6. The number of rotatable bonds is 12. The second-order valence-corrected chi connectivity index (χ2v) is 15.3.